The van der Waals surface area contributed by atoms with Gasteiger partial charge in [0, 0.05) is 30.3 Å². The van der Waals surface area contributed by atoms with E-state index in [2.05, 4.69) is 20.4 Å². The van der Waals surface area contributed by atoms with Crippen molar-refractivity contribution in [3.8, 4) is 5.75 Å². The van der Waals surface area contributed by atoms with Gasteiger partial charge in [0.2, 0.25) is 0 Å². The van der Waals surface area contributed by atoms with Crippen molar-refractivity contribution in [1.29, 1.82) is 0 Å². The van der Waals surface area contributed by atoms with Crippen LogP contribution in [0.5, 0.6) is 5.75 Å². The van der Waals surface area contributed by atoms with Gasteiger partial charge in [0.15, 0.2) is 5.96 Å². The molecule has 5 nitrogen and oxygen atoms in total. The first kappa shape index (κ1) is 23.1. The lowest BCUT2D eigenvalue weighted by molar-refractivity contribution is -0.0504. The number of rotatable bonds is 8. The third kappa shape index (κ3) is 8.84. The number of halogens is 4. The molecule has 0 aliphatic heterocycles. The highest BCUT2D eigenvalue weighted by molar-refractivity contribution is 14.0. The molecule has 24 heavy (non-hydrogen) atoms. The monoisotopic (exact) mass is 477 g/mol. The number of hydrogen-bond donors (Lipinski definition) is 2. The van der Waals surface area contributed by atoms with E-state index in [0.717, 1.165) is 0 Å². The molecule has 0 radical (unpaired) electrons. The zero-order valence-electron chi connectivity index (χ0n) is 13.8. The SMILES string of the molecule is CCNC(=NCc1cc(Cl)ccc1OC(F)F)NC(C)COC.I. The van der Waals surface area contributed by atoms with Crippen molar-refractivity contribution in [2.45, 2.75) is 33.0 Å². The van der Waals surface area contributed by atoms with E-state index in [9.17, 15) is 8.78 Å². The van der Waals surface area contributed by atoms with Crippen LogP contribution in [-0.2, 0) is 11.3 Å². The second-order valence-corrected chi connectivity index (χ2v) is 5.26. The minimum absolute atomic E-state index is 0. The molecule has 138 valence electrons. The molecule has 1 aromatic rings. The fraction of sp³-hybridized carbons (Fsp3) is 0.533. The first-order valence-corrected chi connectivity index (χ1v) is 7.61. The van der Waals surface area contributed by atoms with Gasteiger partial charge in [-0.1, -0.05) is 11.6 Å². The van der Waals surface area contributed by atoms with Crippen molar-refractivity contribution in [1.82, 2.24) is 10.6 Å². The zero-order valence-corrected chi connectivity index (χ0v) is 16.9. The lowest BCUT2D eigenvalue weighted by Crippen LogP contribution is -2.43. The molecular formula is C15H23ClF2IN3O2. The van der Waals surface area contributed by atoms with Crippen molar-refractivity contribution < 1.29 is 18.3 Å². The lowest BCUT2D eigenvalue weighted by atomic mass is 10.2. The average Bonchev–Trinajstić information content (AvgIpc) is 2.47. The summed E-state index contributed by atoms with van der Waals surface area (Å²) in [5, 5.41) is 6.67. The first-order chi connectivity index (χ1) is 11.0. The van der Waals surface area contributed by atoms with Crippen LogP contribution in [-0.4, -0.2) is 38.9 Å². The molecular weight excluding hydrogens is 455 g/mol. The molecule has 2 N–H and O–H groups in total. The van der Waals surface area contributed by atoms with Crippen LogP contribution < -0.4 is 15.4 Å². The van der Waals surface area contributed by atoms with E-state index in [1.54, 1.807) is 13.2 Å². The summed E-state index contributed by atoms with van der Waals surface area (Å²) in [6, 6.07) is 4.52. The smallest absolute Gasteiger partial charge is 0.387 e. The maximum atomic E-state index is 12.4. The summed E-state index contributed by atoms with van der Waals surface area (Å²) in [5.74, 6) is 0.619. The molecule has 1 atom stereocenters. The highest BCUT2D eigenvalue weighted by Crippen LogP contribution is 2.25. The molecule has 0 saturated carbocycles. The number of benzene rings is 1. The Morgan fingerprint density at radius 1 is 1.38 bits per heavy atom. The van der Waals surface area contributed by atoms with Crippen molar-refractivity contribution in [2.24, 2.45) is 4.99 Å². The number of guanidine groups is 1. The third-order valence-electron chi connectivity index (χ3n) is 2.79. The van der Waals surface area contributed by atoms with Gasteiger partial charge in [0.1, 0.15) is 5.75 Å². The van der Waals surface area contributed by atoms with Crippen LogP contribution in [0.15, 0.2) is 23.2 Å². The van der Waals surface area contributed by atoms with E-state index in [-0.39, 0.29) is 42.3 Å². The first-order valence-electron chi connectivity index (χ1n) is 7.23. The van der Waals surface area contributed by atoms with Gasteiger partial charge in [-0.2, -0.15) is 8.78 Å². The second-order valence-electron chi connectivity index (χ2n) is 4.83. The number of alkyl halides is 2. The molecule has 0 spiro atoms. The van der Waals surface area contributed by atoms with Gasteiger partial charge in [0.05, 0.1) is 13.2 Å². The van der Waals surface area contributed by atoms with Crippen LogP contribution in [0.1, 0.15) is 19.4 Å². The maximum absolute atomic E-state index is 12.4. The number of hydrogen-bond acceptors (Lipinski definition) is 3. The summed E-state index contributed by atoms with van der Waals surface area (Å²) in [6.07, 6.45) is 0. The second kappa shape index (κ2) is 12.5. The largest absolute Gasteiger partial charge is 0.434 e. The average molecular weight is 478 g/mol. The fourth-order valence-electron chi connectivity index (χ4n) is 1.89. The minimum atomic E-state index is -2.90. The summed E-state index contributed by atoms with van der Waals surface area (Å²) >= 11 is 5.92. The van der Waals surface area contributed by atoms with Crippen LogP contribution in [0.25, 0.3) is 0 Å². The van der Waals surface area contributed by atoms with Crippen LogP contribution in [0, 0.1) is 0 Å². The van der Waals surface area contributed by atoms with Crippen molar-refractivity contribution in [2.75, 3.05) is 20.3 Å². The fourth-order valence-corrected chi connectivity index (χ4v) is 2.09. The highest BCUT2D eigenvalue weighted by atomic mass is 127. The van der Waals surface area contributed by atoms with Crippen LogP contribution in [0.2, 0.25) is 5.02 Å². The normalized spacial score (nSPS) is 12.5. The Kier molecular flexibility index (Phi) is 12.0. The summed E-state index contributed by atoms with van der Waals surface area (Å²) in [4.78, 5) is 4.37. The van der Waals surface area contributed by atoms with E-state index in [4.69, 9.17) is 16.3 Å². The van der Waals surface area contributed by atoms with E-state index in [1.807, 2.05) is 13.8 Å². The van der Waals surface area contributed by atoms with Crippen molar-refractivity contribution in [3.63, 3.8) is 0 Å². The summed E-state index contributed by atoms with van der Waals surface area (Å²) in [6.45, 7) is 2.32. The summed E-state index contributed by atoms with van der Waals surface area (Å²) < 4.78 is 34.4. The van der Waals surface area contributed by atoms with Crippen LogP contribution in [0.4, 0.5) is 8.78 Å². The number of nitrogens with one attached hydrogen (secondary N) is 2. The molecule has 0 bridgehead atoms. The van der Waals surface area contributed by atoms with Gasteiger partial charge in [-0.15, -0.1) is 24.0 Å². The number of aliphatic imine (C=N–C) groups is 1. The van der Waals surface area contributed by atoms with Crippen molar-refractivity contribution >= 4 is 41.5 Å². The molecule has 0 heterocycles. The molecule has 0 aromatic heterocycles. The van der Waals surface area contributed by atoms with E-state index < -0.39 is 6.61 Å². The lowest BCUT2D eigenvalue weighted by Gasteiger charge is -2.17. The molecule has 0 saturated heterocycles. The number of nitrogens with zero attached hydrogens (tertiary/aromatic N) is 1. The molecule has 0 aliphatic carbocycles. The standard InChI is InChI=1S/C15H22ClF2N3O2.HI/c1-4-19-15(21-10(2)9-22-3)20-8-11-7-12(16)5-6-13(11)23-14(17)18;/h5-7,10,14H,4,8-9H2,1-3H3,(H2,19,20,21);1H. The maximum Gasteiger partial charge on any atom is 0.387 e. The molecule has 0 amide bonds. The van der Waals surface area contributed by atoms with E-state index >= 15 is 0 Å². The molecule has 0 aliphatic rings. The molecule has 9 heteroatoms. The van der Waals surface area contributed by atoms with Crippen LogP contribution >= 0.6 is 35.6 Å². The minimum Gasteiger partial charge on any atom is -0.434 e. The molecule has 1 unspecified atom stereocenters. The van der Waals surface area contributed by atoms with Gasteiger partial charge in [-0.05, 0) is 32.0 Å². The molecule has 1 aromatic carbocycles. The van der Waals surface area contributed by atoms with E-state index in [1.165, 1.54) is 12.1 Å². The zero-order chi connectivity index (χ0) is 17.2. The quantitative estimate of drug-likeness (QED) is 0.341. The number of methoxy groups -OCH3 is 1. The highest BCUT2D eigenvalue weighted by Gasteiger charge is 2.11. The van der Waals surface area contributed by atoms with Crippen LogP contribution in [0.3, 0.4) is 0 Å². The Balaban J connectivity index is 0.00000529. The Morgan fingerprint density at radius 3 is 2.67 bits per heavy atom. The Morgan fingerprint density at radius 2 is 2.08 bits per heavy atom. The predicted octanol–water partition coefficient (Wildman–Crippen LogP) is 3.65. The third-order valence-corrected chi connectivity index (χ3v) is 3.03. The number of ether oxygens (including phenoxy) is 2. The topological polar surface area (TPSA) is 54.9 Å². The Labute approximate surface area is 163 Å². The van der Waals surface area contributed by atoms with Gasteiger partial charge in [-0.25, -0.2) is 4.99 Å². The summed E-state index contributed by atoms with van der Waals surface area (Å²) in [7, 11) is 1.61. The van der Waals surface area contributed by atoms with Gasteiger partial charge >= 0.3 is 6.61 Å². The van der Waals surface area contributed by atoms with Gasteiger partial charge in [-0.3, -0.25) is 0 Å². The Bertz CT molecular complexity index is 521. The molecule has 0 fully saturated rings. The van der Waals surface area contributed by atoms with Gasteiger partial charge < -0.3 is 20.1 Å². The van der Waals surface area contributed by atoms with Crippen molar-refractivity contribution in [3.05, 3.63) is 28.8 Å². The predicted molar refractivity (Wildman–Crippen MR) is 103 cm³/mol. The van der Waals surface area contributed by atoms with E-state index in [0.29, 0.717) is 29.7 Å². The molecule has 1 rings (SSSR count). The van der Waals surface area contributed by atoms with Gasteiger partial charge in [0.25, 0.3) is 0 Å². The summed E-state index contributed by atoms with van der Waals surface area (Å²) in [5.41, 5.74) is 0.481. The Hall–Kier alpha value is -0.870.